The number of carbonyl (C=O) groups excluding carboxylic acids is 2. The zero-order valence-corrected chi connectivity index (χ0v) is 11.6. The molecule has 20 heavy (non-hydrogen) atoms. The highest BCUT2D eigenvalue weighted by Crippen LogP contribution is 2.24. The quantitative estimate of drug-likeness (QED) is 0.579. The maximum atomic E-state index is 11.6. The minimum atomic E-state index is -1.14. The van der Waals surface area contributed by atoms with E-state index in [1.165, 1.54) is 11.8 Å². The number of carboxylic acid groups (broad SMARTS) is 1. The summed E-state index contributed by atoms with van der Waals surface area (Å²) in [6.07, 6.45) is 1.89. The Kier molecular flexibility index (Phi) is 6.38. The third kappa shape index (κ3) is 5.61. The number of benzene rings is 1. The molecule has 0 spiro atoms. The fraction of sp³-hybridized carbons (Fsp3) is 0.250. The number of rotatable bonds is 6. The van der Waals surface area contributed by atoms with Crippen molar-refractivity contribution >= 4 is 35.4 Å². The zero-order chi connectivity index (χ0) is 15.0. The first kappa shape index (κ1) is 15.8. The van der Waals surface area contributed by atoms with Crippen molar-refractivity contribution in [3.8, 4) is 0 Å². The minimum Gasteiger partial charge on any atom is -0.480 e. The van der Waals surface area contributed by atoms with Crippen LogP contribution in [0.5, 0.6) is 0 Å². The number of hydrogen-bond donors (Lipinski definition) is 4. The fourth-order valence-electron chi connectivity index (χ4n) is 1.31. The molecule has 0 atom stereocenters. The molecule has 4 N–H and O–H groups in total. The lowest BCUT2D eigenvalue weighted by molar-refractivity contribution is -0.137. The summed E-state index contributed by atoms with van der Waals surface area (Å²) in [6.45, 7) is -0.766. The summed E-state index contributed by atoms with van der Waals surface area (Å²) in [7, 11) is 0. The Morgan fingerprint density at radius 2 is 1.85 bits per heavy atom. The Hall–Kier alpha value is -2.22. The second-order valence-corrected chi connectivity index (χ2v) is 4.53. The summed E-state index contributed by atoms with van der Waals surface area (Å²) in [6, 6.07) is 6.72. The van der Waals surface area contributed by atoms with Gasteiger partial charge in [0.1, 0.15) is 6.54 Å². The third-order valence-corrected chi connectivity index (χ3v) is 3.00. The molecular weight excluding hydrogens is 282 g/mol. The van der Waals surface area contributed by atoms with Crippen molar-refractivity contribution in [2.45, 2.75) is 4.90 Å². The molecule has 0 aliphatic heterocycles. The summed E-state index contributed by atoms with van der Waals surface area (Å²) in [4.78, 5) is 33.9. The molecule has 0 fully saturated rings. The Morgan fingerprint density at radius 3 is 2.50 bits per heavy atom. The summed E-state index contributed by atoms with van der Waals surface area (Å²) in [5.74, 6) is -1.71. The van der Waals surface area contributed by atoms with Crippen molar-refractivity contribution in [1.29, 1.82) is 0 Å². The van der Waals surface area contributed by atoms with Crippen molar-refractivity contribution < 1.29 is 19.5 Å². The highest BCUT2D eigenvalue weighted by Gasteiger charge is 2.08. The molecule has 0 aromatic heterocycles. The fourth-order valence-corrected chi connectivity index (χ4v) is 1.87. The van der Waals surface area contributed by atoms with Gasteiger partial charge in [0, 0.05) is 4.90 Å². The second kappa shape index (κ2) is 8.05. The van der Waals surface area contributed by atoms with E-state index in [9.17, 15) is 14.4 Å². The molecule has 0 radical (unpaired) electrons. The molecule has 8 heteroatoms. The van der Waals surface area contributed by atoms with Gasteiger partial charge in [0.2, 0.25) is 5.91 Å². The zero-order valence-electron chi connectivity index (χ0n) is 10.8. The van der Waals surface area contributed by atoms with Crippen LogP contribution in [0.15, 0.2) is 29.2 Å². The molecule has 1 aromatic rings. The molecule has 0 unspecified atom stereocenters. The maximum absolute atomic E-state index is 11.6. The van der Waals surface area contributed by atoms with Gasteiger partial charge < -0.3 is 21.1 Å². The van der Waals surface area contributed by atoms with Crippen LogP contribution in [-0.2, 0) is 9.59 Å². The van der Waals surface area contributed by atoms with Gasteiger partial charge in [-0.05, 0) is 18.4 Å². The van der Waals surface area contributed by atoms with Crippen molar-refractivity contribution in [2.75, 3.05) is 24.7 Å². The number of carbonyl (C=O) groups is 3. The smallest absolute Gasteiger partial charge is 0.322 e. The summed E-state index contributed by atoms with van der Waals surface area (Å²) < 4.78 is 0. The van der Waals surface area contributed by atoms with Gasteiger partial charge in [-0.1, -0.05) is 12.1 Å². The molecule has 0 saturated heterocycles. The van der Waals surface area contributed by atoms with E-state index >= 15 is 0 Å². The number of hydrogen-bond acceptors (Lipinski definition) is 4. The van der Waals surface area contributed by atoms with Gasteiger partial charge in [0.15, 0.2) is 0 Å². The monoisotopic (exact) mass is 297 g/mol. The first-order valence-electron chi connectivity index (χ1n) is 5.69. The topological polar surface area (TPSA) is 108 Å². The number of urea groups is 1. The highest BCUT2D eigenvalue weighted by molar-refractivity contribution is 7.98. The molecule has 0 bridgehead atoms. The van der Waals surface area contributed by atoms with Gasteiger partial charge in [-0.25, -0.2) is 4.79 Å². The molecule has 108 valence electrons. The normalized spacial score (nSPS) is 9.65. The standard InChI is InChI=1S/C12H15N3O4S/c1-20-9-5-3-2-4-8(9)15-12(19)14-6-10(16)13-7-11(17)18/h2-5H,6-7H2,1H3,(H,13,16)(H,17,18)(H2,14,15,19). The van der Waals surface area contributed by atoms with Gasteiger partial charge in [0.05, 0.1) is 12.2 Å². The van der Waals surface area contributed by atoms with Crippen LogP contribution in [0.25, 0.3) is 0 Å². The van der Waals surface area contributed by atoms with Crippen molar-refractivity contribution in [3.63, 3.8) is 0 Å². The van der Waals surface area contributed by atoms with Crippen LogP contribution in [0.2, 0.25) is 0 Å². The molecule has 1 rings (SSSR count). The number of para-hydroxylation sites is 1. The molecule has 0 heterocycles. The lowest BCUT2D eigenvalue weighted by Crippen LogP contribution is -2.40. The average Bonchev–Trinajstić information content (AvgIpc) is 2.43. The van der Waals surface area contributed by atoms with Crippen molar-refractivity contribution in [1.82, 2.24) is 10.6 Å². The predicted molar refractivity (Wildman–Crippen MR) is 75.9 cm³/mol. The lowest BCUT2D eigenvalue weighted by atomic mass is 10.3. The SMILES string of the molecule is CSc1ccccc1NC(=O)NCC(=O)NCC(=O)O. The number of carboxylic acids is 1. The summed E-state index contributed by atoms with van der Waals surface area (Å²) in [5.41, 5.74) is 0.642. The van der Waals surface area contributed by atoms with Crippen LogP contribution < -0.4 is 16.0 Å². The van der Waals surface area contributed by atoms with Crippen LogP contribution in [0, 0.1) is 0 Å². The third-order valence-electron chi connectivity index (χ3n) is 2.20. The highest BCUT2D eigenvalue weighted by atomic mass is 32.2. The number of nitrogens with one attached hydrogen (secondary N) is 3. The van der Waals surface area contributed by atoms with E-state index < -0.39 is 24.5 Å². The summed E-state index contributed by atoms with van der Waals surface area (Å²) in [5, 5.41) is 15.5. The number of aliphatic carboxylic acids is 1. The Morgan fingerprint density at radius 1 is 1.15 bits per heavy atom. The Balaban J connectivity index is 2.40. The molecular formula is C12H15N3O4S. The first-order valence-corrected chi connectivity index (χ1v) is 6.91. The lowest BCUT2D eigenvalue weighted by Gasteiger charge is -2.10. The van der Waals surface area contributed by atoms with Crippen LogP contribution in [0.4, 0.5) is 10.5 Å². The van der Waals surface area contributed by atoms with Crippen molar-refractivity contribution in [3.05, 3.63) is 24.3 Å². The van der Waals surface area contributed by atoms with Crippen LogP contribution in [-0.4, -0.2) is 42.4 Å². The van der Waals surface area contributed by atoms with E-state index in [4.69, 9.17) is 5.11 Å². The maximum Gasteiger partial charge on any atom is 0.322 e. The molecule has 0 saturated carbocycles. The summed E-state index contributed by atoms with van der Waals surface area (Å²) >= 11 is 1.49. The van der Waals surface area contributed by atoms with Crippen LogP contribution in [0.3, 0.4) is 0 Å². The largest absolute Gasteiger partial charge is 0.480 e. The van der Waals surface area contributed by atoms with E-state index in [0.29, 0.717) is 5.69 Å². The molecule has 1 aromatic carbocycles. The number of anilines is 1. The van der Waals surface area contributed by atoms with E-state index in [-0.39, 0.29) is 6.54 Å². The van der Waals surface area contributed by atoms with Gasteiger partial charge in [-0.2, -0.15) is 0 Å². The second-order valence-electron chi connectivity index (χ2n) is 3.68. The van der Waals surface area contributed by atoms with E-state index in [1.54, 1.807) is 12.1 Å². The van der Waals surface area contributed by atoms with Crippen LogP contribution >= 0.6 is 11.8 Å². The van der Waals surface area contributed by atoms with Gasteiger partial charge >= 0.3 is 12.0 Å². The number of thioether (sulfide) groups is 1. The van der Waals surface area contributed by atoms with E-state index in [0.717, 1.165) is 4.90 Å². The molecule has 7 nitrogen and oxygen atoms in total. The Bertz CT molecular complexity index is 507. The predicted octanol–water partition coefficient (Wildman–Crippen LogP) is 0.731. The van der Waals surface area contributed by atoms with Crippen molar-refractivity contribution in [2.24, 2.45) is 0 Å². The molecule has 0 aliphatic carbocycles. The first-order chi connectivity index (χ1) is 9.52. The van der Waals surface area contributed by atoms with Gasteiger partial charge in [-0.3, -0.25) is 9.59 Å². The Labute approximate surface area is 120 Å². The number of amides is 3. The average molecular weight is 297 g/mol. The van der Waals surface area contributed by atoms with Crippen LogP contribution in [0.1, 0.15) is 0 Å². The van der Waals surface area contributed by atoms with E-state index in [1.807, 2.05) is 18.4 Å². The van der Waals surface area contributed by atoms with E-state index in [2.05, 4.69) is 16.0 Å². The minimum absolute atomic E-state index is 0.291. The molecule has 0 aliphatic rings. The van der Waals surface area contributed by atoms with Gasteiger partial charge in [-0.15, -0.1) is 11.8 Å². The molecule has 3 amide bonds. The van der Waals surface area contributed by atoms with Gasteiger partial charge in [0.25, 0.3) is 0 Å².